The highest BCUT2D eigenvalue weighted by Gasteiger charge is 2.22. The number of aromatic nitrogens is 2. The zero-order valence-corrected chi connectivity index (χ0v) is 14.7. The Morgan fingerprint density at radius 1 is 1.16 bits per heavy atom. The topological polar surface area (TPSA) is 58.1 Å². The summed E-state index contributed by atoms with van der Waals surface area (Å²) < 4.78 is 0. The van der Waals surface area contributed by atoms with Crippen molar-refractivity contribution in [3.05, 3.63) is 52.8 Å². The van der Waals surface area contributed by atoms with Gasteiger partial charge in [0.2, 0.25) is 5.95 Å². The molecule has 4 rings (SSSR count). The maximum Gasteiger partial charge on any atom is 0.270 e. The summed E-state index contributed by atoms with van der Waals surface area (Å²) in [5.74, 6) is 0.585. The number of fused-ring (bicyclic) bond motifs is 1. The summed E-state index contributed by atoms with van der Waals surface area (Å²) in [6.07, 6.45) is 5.53. The van der Waals surface area contributed by atoms with Crippen molar-refractivity contribution < 1.29 is 4.79 Å². The zero-order chi connectivity index (χ0) is 17.2. The molecule has 2 heterocycles. The van der Waals surface area contributed by atoms with Gasteiger partial charge in [-0.1, -0.05) is 37.1 Å². The molecule has 0 saturated heterocycles. The van der Waals surface area contributed by atoms with Crippen molar-refractivity contribution in [2.45, 2.75) is 51.6 Å². The zero-order valence-electron chi connectivity index (χ0n) is 14.7. The Morgan fingerprint density at radius 3 is 2.72 bits per heavy atom. The number of hydrogen-bond donors (Lipinski definition) is 1. The van der Waals surface area contributed by atoms with E-state index in [4.69, 9.17) is 0 Å². The van der Waals surface area contributed by atoms with Gasteiger partial charge < -0.3 is 10.2 Å². The van der Waals surface area contributed by atoms with Crippen LogP contribution in [0.2, 0.25) is 0 Å². The third kappa shape index (κ3) is 3.50. The molecule has 0 atom stereocenters. The second kappa shape index (κ2) is 6.82. The first-order chi connectivity index (χ1) is 12.2. The van der Waals surface area contributed by atoms with E-state index in [9.17, 15) is 4.79 Å². The van der Waals surface area contributed by atoms with E-state index in [1.54, 1.807) is 6.07 Å². The summed E-state index contributed by atoms with van der Waals surface area (Å²) >= 11 is 0. The van der Waals surface area contributed by atoms with Crippen LogP contribution in [0.4, 0.5) is 5.95 Å². The molecule has 2 aliphatic rings. The van der Waals surface area contributed by atoms with Gasteiger partial charge in [-0.05, 0) is 43.4 Å². The molecule has 0 radical (unpaired) electrons. The summed E-state index contributed by atoms with van der Waals surface area (Å²) in [5.41, 5.74) is 4.02. The van der Waals surface area contributed by atoms with E-state index in [0.717, 1.165) is 38.0 Å². The van der Waals surface area contributed by atoms with E-state index >= 15 is 0 Å². The lowest BCUT2D eigenvalue weighted by atomic mass is 10.0. The van der Waals surface area contributed by atoms with Crippen molar-refractivity contribution in [1.82, 2.24) is 15.3 Å². The minimum Gasteiger partial charge on any atom is -0.348 e. The van der Waals surface area contributed by atoms with Crippen LogP contribution >= 0.6 is 0 Å². The van der Waals surface area contributed by atoms with Gasteiger partial charge in [-0.3, -0.25) is 4.79 Å². The Morgan fingerprint density at radius 2 is 1.92 bits per heavy atom. The molecule has 0 bridgehead atoms. The average Bonchev–Trinajstić information content (AvgIpc) is 3.14. The molecule has 1 aliphatic heterocycles. The minimum atomic E-state index is -0.0731. The van der Waals surface area contributed by atoms with Crippen LogP contribution in [-0.2, 0) is 13.0 Å². The predicted molar refractivity (Wildman–Crippen MR) is 97.7 cm³/mol. The molecule has 1 fully saturated rings. The molecule has 1 saturated carbocycles. The van der Waals surface area contributed by atoms with E-state index in [0.29, 0.717) is 17.7 Å². The van der Waals surface area contributed by atoms with Gasteiger partial charge in [0, 0.05) is 24.8 Å². The van der Waals surface area contributed by atoms with Gasteiger partial charge in [-0.15, -0.1) is 0 Å². The molecule has 1 N–H and O–H groups in total. The molecular formula is C20H24N4O. The monoisotopic (exact) mass is 336 g/mol. The van der Waals surface area contributed by atoms with E-state index in [1.807, 2.05) is 6.92 Å². The fourth-order valence-electron chi connectivity index (χ4n) is 3.81. The first-order valence-electron chi connectivity index (χ1n) is 9.17. The van der Waals surface area contributed by atoms with Crippen LogP contribution in [0.3, 0.4) is 0 Å². The Bertz CT molecular complexity index is 783. The molecule has 25 heavy (non-hydrogen) atoms. The molecule has 5 heteroatoms. The van der Waals surface area contributed by atoms with Crippen molar-refractivity contribution in [3.63, 3.8) is 0 Å². The lowest BCUT2D eigenvalue weighted by molar-refractivity contribution is 0.0932. The number of anilines is 1. The van der Waals surface area contributed by atoms with E-state index in [1.165, 1.54) is 24.0 Å². The van der Waals surface area contributed by atoms with Crippen LogP contribution in [0.15, 0.2) is 30.3 Å². The number of nitrogens with one attached hydrogen (secondary N) is 1. The molecule has 1 aromatic carbocycles. The average molecular weight is 336 g/mol. The summed E-state index contributed by atoms with van der Waals surface area (Å²) in [6, 6.07) is 10.6. The number of nitrogens with zero attached hydrogens (tertiary/aromatic N) is 3. The molecule has 1 aliphatic carbocycles. The molecular weight excluding hydrogens is 312 g/mol. The van der Waals surface area contributed by atoms with Crippen molar-refractivity contribution >= 4 is 11.9 Å². The Labute approximate surface area is 148 Å². The minimum absolute atomic E-state index is 0.0731. The lowest BCUT2D eigenvalue weighted by Crippen LogP contribution is -2.35. The SMILES string of the molecule is Cc1cc(C(=O)NC2CCCC2)nc(N2CCc3ccccc3C2)n1. The second-order valence-corrected chi connectivity index (χ2v) is 7.09. The molecule has 0 spiro atoms. The van der Waals surface area contributed by atoms with Crippen LogP contribution in [0.25, 0.3) is 0 Å². The van der Waals surface area contributed by atoms with Crippen molar-refractivity contribution in [1.29, 1.82) is 0 Å². The Kier molecular flexibility index (Phi) is 4.38. The summed E-state index contributed by atoms with van der Waals surface area (Å²) in [4.78, 5) is 23.9. The lowest BCUT2D eigenvalue weighted by Gasteiger charge is -2.29. The first kappa shape index (κ1) is 16.1. The van der Waals surface area contributed by atoms with E-state index < -0.39 is 0 Å². The molecule has 0 unspecified atom stereocenters. The van der Waals surface area contributed by atoms with Gasteiger partial charge in [0.1, 0.15) is 5.69 Å². The summed E-state index contributed by atoms with van der Waals surface area (Å²) in [5, 5.41) is 3.12. The maximum atomic E-state index is 12.6. The standard InChI is InChI=1S/C20H24N4O/c1-14-12-18(19(25)22-17-8-4-5-9-17)23-20(21-14)24-11-10-15-6-2-3-7-16(15)13-24/h2-3,6-7,12,17H,4-5,8-11,13H2,1H3,(H,22,25). The fourth-order valence-corrected chi connectivity index (χ4v) is 3.81. The first-order valence-corrected chi connectivity index (χ1v) is 9.17. The van der Waals surface area contributed by atoms with Gasteiger partial charge in [0.15, 0.2) is 0 Å². The number of hydrogen-bond acceptors (Lipinski definition) is 4. The third-order valence-corrected chi connectivity index (χ3v) is 5.18. The Balaban J connectivity index is 1.54. The van der Waals surface area contributed by atoms with Crippen molar-refractivity contribution in [3.8, 4) is 0 Å². The highest BCUT2D eigenvalue weighted by atomic mass is 16.1. The largest absolute Gasteiger partial charge is 0.348 e. The number of rotatable bonds is 3. The normalized spacial score (nSPS) is 17.4. The van der Waals surface area contributed by atoms with E-state index in [-0.39, 0.29) is 5.91 Å². The smallest absolute Gasteiger partial charge is 0.270 e. The molecule has 1 aromatic heterocycles. The summed E-state index contributed by atoms with van der Waals surface area (Å²) in [7, 11) is 0. The molecule has 130 valence electrons. The van der Waals surface area contributed by atoms with Gasteiger partial charge in [-0.25, -0.2) is 9.97 Å². The number of carbonyl (C=O) groups is 1. The number of benzene rings is 1. The van der Waals surface area contributed by atoms with Crippen LogP contribution in [-0.4, -0.2) is 28.5 Å². The van der Waals surface area contributed by atoms with Gasteiger partial charge in [-0.2, -0.15) is 0 Å². The van der Waals surface area contributed by atoms with Crippen LogP contribution < -0.4 is 10.2 Å². The van der Waals surface area contributed by atoms with Crippen molar-refractivity contribution in [2.75, 3.05) is 11.4 Å². The maximum absolute atomic E-state index is 12.6. The quantitative estimate of drug-likeness (QED) is 0.936. The highest BCUT2D eigenvalue weighted by Crippen LogP contribution is 2.23. The molecule has 1 amide bonds. The van der Waals surface area contributed by atoms with Crippen LogP contribution in [0.5, 0.6) is 0 Å². The van der Waals surface area contributed by atoms with Crippen molar-refractivity contribution in [2.24, 2.45) is 0 Å². The van der Waals surface area contributed by atoms with Crippen LogP contribution in [0.1, 0.15) is 53.0 Å². The number of aryl methyl sites for hydroxylation is 1. The number of carbonyl (C=O) groups excluding carboxylic acids is 1. The highest BCUT2D eigenvalue weighted by molar-refractivity contribution is 5.92. The third-order valence-electron chi connectivity index (χ3n) is 5.18. The fraction of sp³-hybridized carbons (Fsp3) is 0.450. The van der Waals surface area contributed by atoms with Crippen LogP contribution in [0, 0.1) is 6.92 Å². The van der Waals surface area contributed by atoms with Gasteiger partial charge in [0.25, 0.3) is 5.91 Å². The molecule has 2 aromatic rings. The number of amides is 1. The van der Waals surface area contributed by atoms with Gasteiger partial charge >= 0.3 is 0 Å². The summed E-state index contributed by atoms with van der Waals surface area (Å²) in [6.45, 7) is 3.60. The second-order valence-electron chi connectivity index (χ2n) is 7.09. The Hall–Kier alpha value is -2.43. The van der Waals surface area contributed by atoms with E-state index in [2.05, 4.69) is 44.5 Å². The predicted octanol–water partition coefficient (Wildman–Crippen LogP) is 3.02. The van der Waals surface area contributed by atoms with Gasteiger partial charge in [0.05, 0.1) is 0 Å². The molecule has 5 nitrogen and oxygen atoms in total.